The Morgan fingerprint density at radius 1 is 1.21 bits per heavy atom. The van der Waals surface area contributed by atoms with Crippen LogP contribution in [0.5, 0.6) is 5.75 Å². The molecule has 0 fully saturated rings. The second-order valence-corrected chi connectivity index (χ2v) is 6.45. The van der Waals surface area contributed by atoms with Crippen LogP contribution in [0.15, 0.2) is 53.4 Å². The molecule has 2 aromatic rings. The predicted molar refractivity (Wildman–Crippen MR) is 94.9 cm³/mol. The summed E-state index contributed by atoms with van der Waals surface area (Å²) in [5, 5.41) is 11.2. The van der Waals surface area contributed by atoms with Crippen molar-refractivity contribution in [3.8, 4) is 5.75 Å². The summed E-state index contributed by atoms with van der Waals surface area (Å²) in [6.45, 7) is 1.99. The van der Waals surface area contributed by atoms with Gasteiger partial charge in [0.1, 0.15) is 5.75 Å². The zero-order chi connectivity index (χ0) is 17.6. The SMILES string of the molecule is CCOC(=O)C[C@](O)(Sc1ccccc1N)c1ccc(OC)cc1. The van der Waals surface area contributed by atoms with E-state index in [0.29, 0.717) is 21.9 Å². The molecule has 0 aliphatic carbocycles. The first-order valence-electron chi connectivity index (χ1n) is 7.54. The number of nitrogens with two attached hydrogens (primary N) is 1. The van der Waals surface area contributed by atoms with Gasteiger partial charge in [0.15, 0.2) is 4.93 Å². The molecular formula is C18H21NO4S. The van der Waals surface area contributed by atoms with Gasteiger partial charge in [0.2, 0.25) is 0 Å². The van der Waals surface area contributed by atoms with Crippen molar-refractivity contribution in [2.45, 2.75) is 23.2 Å². The molecule has 0 saturated heterocycles. The van der Waals surface area contributed by atoms with Crippen LogP contribution < -0.4 is 10.5 Å². The fraction of sp³-hybridized carbons (Fsp3) is 0.278. The van der Waals surface area contributed by atoms with Crippen LogP contribution in [0.25, 0.3) is 0 Å². The van der Waals surface area contributed by atoms with Crippen molar-refractivity contribution in [1.29, 1.82) is 0 Å². The van der Waals surface area contributed by atoms with Gasteiger partial charge in [-0.05, 0) is 36.8 Å². The first-order chi connectivity index (χ1) is 11.5. The molecule has 0 amide bonds. The average Bonchev–Trinajstić information content (AvgIpc) is 2.57. The van der Waals surface area contributed by atoms with E-state index < -0.39 is 10.9 Å². The fourth-order valence-corrected chi connectivity index (χ4v) is 3.35. The molecule has 128 valence electrons. The lowest BCUT2D eigenvalue weighted by molar-refractivity contribution is -0.146. The van der Waals surface area contributed by atoms with Gasteiger partial charge in [0, 0.05) is 10.6 Å². The first kappa shape index (κ1) is 18.2. The van der Waals surface area contributed by atoms with Crippen molar-refractivity contribution in [2.75, 3.05) is 19.5 Å². The predicted octanol–water partition coefficient (Wildman–Crippen LogP) is 3.17. The molecule has 0 heterocycles. The zero-order valence-corrected chi connectivity index (χ0v) is 14.5. The van der Waals surface area contributed by atoms with Crippen LogP contribution in [0.3, 0.4) is 0 Å². The Hall–Kier alpha value is -2.18. The number of anilines is 1. The van der Waals surface area contributed by atoms with Crippen LogP contribution in [0, 0.1) is 0 Å². The van der Waals surface area contributed by atoms with Gasteiger partial charge in [-0.25, -0.2) is 0 Å². The Bertz CT molecular complexity index is 690. The van der Waals surface area contributed by atoms with Gasteiger partial charge < -0.3 is 20.3 Å². The van der Waals surface area contributed by atoms with Gasteiger partial charge in [0.05, 0.1) is 20.1 Å². The van der Waals surface area contributed by atoms with Crippen LogP contribution in [0.2, 0.25) is 0 Å². The number of aliphatic hydroxyl groups is 1. The summed E-state index contributed by atoms with van der Waals surface area (Å²) in [5.74, 6) is 0.194. The lowest BCUT2D eigenvalue weighted by Gasteiger charge is -2.28. The van der Waals surface area contributed by atoms with Crippen molar-refractivity contribution in [1.82, 2.24) is 0 Å². The number of rotatable bonds is 7. The maximum atomic E-state index is 12.0. The quantitative estimate of drug-likeness (QED) is 0.346. The number of carbonyl (C=O) groups is 1. The minimum atomic E-state index is -1.49. The summed E-state index contributed by atoms with van der Waals surface area (Å²) < 4.78 is 10.1. The van der Waals surface area contributed by atoms with Gasteiger partial charge in [0.25, 0.3) is 0 Å². The Morgan fingerprint density at radius 2 is 1.88 bits per heavy atom. The number of esters is 1. The first-order valence-corrected chi connectivity index (χ1v) is 8.36. The van der Waals surface area contributed by atoms with Crippen LogP contribution in [-0.2, 0) is 14.5 Å². The topological polar surface area (TPSA) is 81.8 Å². The van der Waals surface area contributed by atoms with Crippen LogP contribution in [0.1, 0.15) is 18.9 Å². The highest BCUT2D eigenvalue weighted by molar-refractivity contribution is 8.00. The highest BCUT2D eigenvalue weighted by Gasteiger charge is 2.35. The molecule has 0 aromatic heterocycles. The number of thioether (sulfide) groups is 1. The lowest BCUT2D eigenvalue weighted by atomic mass is 10.1. The number of nitrogen functional groups attached to an aromatic ring is 1. The van der Waals surface area contributed by atoms with Crippen molar-refractivity contribution < 1.29 is 19.4 Å². The molecule has 6 heteroatoms. The summed E-state index contributed by atoms with van der Waals surface area (Å²) >= 11 is 1.13. The highest BCUT2D eigenvalue weighted by atomic mass is 32.2. The minimum absolute atomic E-state index is 0.188. The number of para-hydroxylation sites is 1. The Labute approximate surface area is 145 Å². The number of carbonyl (C=O) groups excluding carboxylic acids is 1. The van der Waals surface area contributed by atoms with Gasteiger partial charge in [-0.1, -0.05) is 36.0 Å². The number of methoxy groups -OCH3 is 1. The Morgan fingerprint density at radius 3 is 2.46 bits per heavy atom. The van der Waals surface area contributed by atoms with Crippen molar-refractivity contribution in [2.24, 2.45) is 0 Å². The standard InChI is InChI=1S/C18H21NO4S/c1-3-23-17(20)12-18(21,13-8-10-14(22-2)11-9-13)24-16-7-5-4-6-15(16)19/h4-11,21H,3,12,19H2,1-2H3/t18-/m0/s1. The molecule has 2 rings (SSSR count). The molecule has 2 aromatic carbocycles. The largest absolute Gasteiger partial charge is 0.497 e. The third-order valence-corrected chi connectivity index (χ3v) is 4.74. The van der Waals surface area contributed by atoms with E-state index in [-0.39, 0.29) is 13.0 Å². The van der Waals surface area contributed by atoms with Crippen molar-refractivity contribution >= 4 is 23.4 Å². The van der Waals surface area contributed by atoms with E-state index in [0.717, 1.165) is 11.8 Å². The number of hydrogen-bond donors (Lipinski definition) is 2. The maximum Gasteiger partial charge on any atom is 0.309 e. The molecule has 0 radical (unpaired) electrons. The monoisotopic (exact) mass is 347 g/mol. The molecule has 0 bridgehead atoms. The second-order valence-electron chi connectivity index (χ2n) is 5.13. The van der Waals surface area contributed by atoms with Crippen LogP contribution >= 0.6 is 11.8 Å². The smallest absolute Gasteiger partial charge is 0.309 e. The third-order valence-electron chi connectivity index (χ3n) is 3.43. The van der Waals surface area contributed by atoms with E-state index in [9.17, 15) is 9.90 Å². The third kappa shape index (κ3) is 4.43. The number of benzene rings is 2. The summed E-state index contributed by atoms with van der Waals surface area (Å²) in [5.41, 5.74) is 7.09. The minimum Gasteiger partial charge on any atom is -0.497 e. The van der Waals surface area contributed by atoms with Crippen LogP contribution in [0.4, 0.5) is 5.69 Å². The molecule has 5 nitrogen and oxygen atoms in total. The van der Waals surface area contributed by atoms with E-state index in [4.69, 9.17) is 15.2 Å². The molecule has 0 spiro atoms. The van der Waals surface area contributed by atoms with Gasteiger partial charge in [-0.2, -0.15) is 0 Å². The molecule has 3 N–H and O–H groups in total. The summed E-state index contributed by atoms with van der Waals surface area (Å²) in [6, 6.07) is 14.1. The molecule has 0 unspecified atom stereocenters. The van der Waals surface area contributed by atoms with Crippen molar-refractivity contribution in [3.63, 3.8) is 0 Å². The highest BCUT2D eigenvalue weighted by Crippen LogP contribution is 2.44. The fourth-order valence-electron chi connectivity index (χ4n) is 2.21. The molecule has 0 aliphatic heterocycles. The maximum absolute atomic E-state index is 12.0. The second kappa shape index (κ2) is 8.08. The molecule has 0 saturated carbocycles. The van der Waals surface area contributed by atoms with E-state index in [1.807, 2.05) is 12.1 Å². The Kier molecular flexibility index (Phi) is 6.11. The summed E-state index contributed by atoms with van der Waals surface area (Å²) in [7, 11) is 1.57. The number of ether oxygens (including phenoxy) is 2. The van der Waals surface area contributed by atoms with Gasteiger partial charge >= 0.3 is 5.97 Å². The van der Waals surface area contributed by atoms with E-state index in [2.05, 4.69) is 0 Å². The van der Waals surface area contributed by atoms with Crippen molar-refractivity contribution in [3.05, 3.63) is 54.1 Å². The number of hydrogen-bond acceptors (Lipinski definition) is 6. The lowest BCUT2D eigenvalue weighted by Crippen LogP contribution is -2.26. The molecule has 24 heavy (non-hydrogen) atoms. The molecule has 1 atom stereocenters. The van der Waals surface area contributed by atoms with Gasteiger partial charge in [-0.15, -0.1) is 0 Å². The van der Waals surface area contributed by atoms with Crippen LogP contribution in [-0.4, -0.2) is 24.8 Å². The van der Waals surface area contributed by atoms with E-state index in [1.165, 1.54) is 0 Å². The summed E-state index contributed by atoms with van der Waals surface area (Å²) in [4.78, 5) is 11.2. The molecule has 0 aliphatic rings. The van der Waals surface area contributed by atoms with Gasteiger partial charge in [-0.3, -0.25) is 4.79 Å². The summed E-state index contributed by atoms with van der Waals surface area (Å²) in [6.07, 6.45) is -0.188. The van der Waals surface area contributed by atoms with E-state index >= 15 is 0 Å². The molecular weight excluding hydrogens is 326 g/mol. The zero-order valence-electron chi connectivity index (χ0n) is 13.7. The van der Waals surface area contributed by atoms with E-state index in [1.54, 1.807) is 50.4 Å². The Balaban J connectivity index is 2.36. The normalized spacial score (nSPS) is 13.1. The average molecular weight is 347 g/mol.